The number of methoxy groups -OCH3 is 3. The zero-order valence-electron chi connectivity index (χ0n) is 20.7. The van der Waals surface area contributed by atoms with Gasteiger partial charge in [0.25, 0.3) is 0 Å². The van der Waals surface area contributed by atoms with Crippen LogP contribution in [0, 0.1) is 0 Å². The molecule has 0 aliphatic rings. The zero-order chi connectivity index (χ0) is 25.8. The Morgan fingerprint density at radius 2 is 1.28 bits per heavy atom. The molecule has 3 aromatic carbocycles. The smallest absolute Gasteiger partial charge is 0.340 e. The number of carbonyl (C=O) groups excluding carboxylic acids is 1. The van der Waals surface area contributed by atoms with E-state index < -0.39 is 18.2 Å². The van der Waals surface area contributed by atoms with Crippen LogP contribution in [0.3, 0.4) is 0 Å². The lowest BCUT2D eigenvalue weighted by molar-refractivity contribution is -0.158. The molecule has 0 aliphatic carbocycles. The van der Waals surface area contributed by atoms with Crippen molar-refractivity contribution in [3.63, 3.8) is 0 Å². The number of hydrogen-bond acceptors (Lipinski definition) is 8. The Balaban J connectivity index is 1.90. The van der Waals surface area contributed by atoms with E-state index in [1.165, 1.54) is 7.11 Å². The van der Waals surface area contributed by atoms with Gasteiger partial charge in [0.2, 0.25) is 5.75 Å². The lowest BCUT2D eigenvalue weighted by atomic mass is 10.0. The summed E-state index contributed by atoms with van der Waals surface area (Å²) in [6, 6.07) is 21.9. The largest absolute Gasteiger partial charge is 0.492 e. The van der Waals surface area contributed by atoms with E-state index in [4.69, 9.17) is 28.4 Å². The van der Waals surface area contributed by atoms with Gasteiger partial charge in [-0.3, -0.25) is 0 Å². The van der Waals surface area contributed by atoms with Gasteiger partial charge in [-0.05, 0) is 23.3 Å². The SMILES string of the molecule is COCCOc1ccc(C(O)C(=O)OC(c2ccccc2)c2ccccc2)c(OC)c1OCCOC. The van der Waals surface area contributed by atoms with Crippen LogP contribution >= 0.6 is 0 Å². The Kier molecular flexibility index (Phi) is 10.6. The molecule has 0 bridgehead atoms. The van der Waals surface area contributed by atoms with Gasteiger partial charge in [0.05, 0.1) is 20.3 Å². The summed E-state index contributed by atoms with van der Waals surface area (Å²) in [7, 11) is 4.56. The maximum Gasteiger partial charge on any atom is 0.340 e. The van der Waals surface area contributed by atoms with Gasteiger partial charge in [0.1, 0.15) is 13.2 Å². The highest BCUT2D eigenvalue weighted by Gasteiger charge is 2.30. The first-order valence-electron chi connectivity index (χ1n) is 11.5. The number of esters is 1. The van der Waals surface area contributed by atoms with Crippen LogP contribution in [0.4, 0.5) is 0 Å². The second-order valence-electron chi connectivity index (χ2n) is 7.74. The molecular weight excluding hydrogens is 464 g/mol. The predicted molar refractivity (Wildman–Crippen MR) is 134 cm³/mol. The number of aliphatic hydroxyl groups excluding tert-OH is 1. The molecule has 1 N–H and O–H groups in total. The van der Waals surface area contributed by atoms with Crippen molar-refractivity contribution in [3.8, 4) is 17.2 Å². The summed E-state index contributed by atoms with van der Waals surface area (Å²) in [5.74, 6) is -0.0308. The minimum Gasteiger partial charge on any atom is -0.492 e. The Hall–Kier alpha value is -3.59. The van der Waals surface area contributed by atoms with E-state index >= 15 is 0 Å². The average molecular weight is 497 g/mol. The molecule has 8 heteroatoms. The van der Waals surface area contributed by atoms with E-state index in [9.17, 15) is 9.90 Å². The summed E-state index contributed by atoms with van der Waals surface area (Å²) in [6.07, 6.45) is -2.33. The van der Waals surface area contributed by atoms with Crippen molar-refractivity contribution in [2.24, 2.45) is 0 Å². The molecular formula is C28H32O8. The van der Waals surface area contributed by atoms with E-state index in [1.807, 2.05) is 60.7 Å². The molecule has 0 spiro atoms. The highest BCUT2D eigenvalue weighted by atomic mass is 16.6. The van der Waals surface area contributed by atoms with Crippen LogP contribution < -0.4 is 14.2 Å². The molecule has 0 saturated carbocycles. The van der Waals surface area contributed by atoms with Crippen molar-refractivity contribution < 1.29 is 38.3 Å². The maximum absolute atomic E-state index is 13.2. The fourth-order valence-electron chi connectivity index (χ4n) is 3.59. The quantitative estimate of drug-likeness (QED) is 0.263. The van der Waals surface area contributed by atoms with Crippen molar-refractivity contribution in [1.82, 2.24) is 0 Å². The van der Waals surface area contributed by atoms with Gasteiger partial charge in [-0.1, -0.05) is 60.7 Å². The lowest BCUT2D eigenvalue weighted by Gasteiger charge is -2.23. The molecule has 0 aliphatic heterocycles. The highest BCUT2D eigenvalue weighted by Crippen LogP contribution is 2.43. The van der Waals surface area contributed by atoms with Crippen LogP contribution in [0.25, 0.3) is 0 Å². The van der Waals surface area contributed by atoms with Crippen molar-refractivity contribution in [2.45, 2.75) is 12.2 Å². The van der Waals surface area contributed by atoms with Gasteiger partial charge in [-0.15, -0.1) is 0 Å². The summed E-state index contributed by atoms with van der Waals surface area (Å²) in [5.41, 5.74) is 1.75. The third-order valence-electron chi connectivity index (χ3n) is 5.35. The molecule has 0 radical (unpaired) electrons. The second kappa shape index (κ2) is 14.1. The first kappa shape index (κ1) is 27.0. The number of rotatable bonds is 14. The summed E-state index contributed by atoms with van der Waals surface area (Å²) in [6.45, 7) is 1.18. The minimum atomic E-state index is -1.63. The maximum atomic E-state index is 13.2. The van der Waals surface area contributed by atoms with Crippen LogP contribution in [-0.2, 0) is 19.0 Å². The third kappa shape index (κ3) is 6.97. The predicted octanol–water partition coefficient (Wildman–Crippen LogP) is 4.11. The fraction of sp³-hybridized carbons (Fsp3) is 0.321. The number of ether oxygens (including phenoxy) is 6. The zero-order valence-corrected chi connectivity index (χ0v) is 20.7. The third-order valence-corrected chi connectivity index (χ3v) is 5.35. The fourth-order valence-corrected chi connectivity index (χ4v) is 3.59. The first-order chi connectivity index (χ1) is 17.6. The summed E-state index contributed by atoms with van der Waals surface area (Å²) < 4.78 is 33.1. The topological polar surface area (TPSA) is 92.7 Å². The van der Waals surface area contributed by atoms with E-state index in [1.54, 1.807) is 26.4 Å². The van der Waals surface area contributed by atoms with Gasteiger partial charge in [-0.2, -0.15) is 0 Å². The van der Waals surface area contributed by atoms with Gasteiger partial charge in [0, 0.05) is 19.8 Å². The molecule has 0 fully saturated rings. The number of hydrogen-bond donors (Lipinski definition) is 1. The van der Waals surface area contributed by atoms with E-state index in [0.717, 1.165) is 11.1 Å². The van der Waals surface area contributed by atoms with Gasteiger partial charge < -0.3 is 33.5 Å². The van der Waals surface area contributed by atoms with Crippen LogP contribution in [0.15, 0.2) is 72.8 Å². The molecule has 8 nitrogen and oxygen atoms in total. The molecule has 1 atom stereocenters. The molecule has 1 unspecified atom stereocenters. The molecule has 3 aromatic rings. The Bertz CT molecular complexity index is 1030. The van der Waals surface area contributed by atoms with Crippen molar-refractivity contribution in [1.29, 1.82) is 0 Å². The van der Waals surface area contributed by atoms with Crippen LogP contribution in [0.1, 0.15) is 28.9 Å². The molecule has 3 rings (SSSR count). The second-order valence-corrected chi connectivity index (χ2v) is 7.74. The molecule has 0 saturated heterocycles. The number of carbonyl (C=O) groups is 1. The standard InChI is InChI=1S/C28H32O8/c1-31-16-18-34-23-15-14-22(26(33-3)27(23)35-19-17-32-2)24(29)28(30)36-25(20-10-6-4-7-11-20)21-12-8-5-9-13-21/h4-15,24-25,29H,16-19H2,1-3H3. The Morgan fingerprint density at radius 3 is 1.81 bits per heavy atom. The number of benzene rings is 3. The Morgan fingerprint density at radius 1 is 0.722 bits per heavy atom. The van der Waals surface area contributed by atoms with Crippen LogP contribution in [0.2, 0.25) is 0 Å². The van der Waals surface area contributed by atoms with Gasteiger partial charge in [-0.25, -0.2) is 4.79 Å². The summed E-state index contributed by atoms with van der Waals surface area (Å²) in [5, 5.41) is 11.0. The normalized spacial score (nSPS) is 11.7. The van der Waals surface area contributed by atoms with Gasteiger partial charge in [0.15, 0.2) is 23.7 Å². The molecule has 0 amide bonds. The van der Waals surface area contributed by atoms with Gasteiger partial charge >= 0.3 is 5.97 Å². The van der Waals surface area contributed by atoms with Crippen molar-refractivity contribution >= 4 is 5.97 Å². The van der Waals surface area contributed by atoms with E-state index in [-0.39, 0.29) is 30.3 Å². The minimum absolute atomic E-state index is 0.168. The molecule has 36 heavy (non-hydrogen) atoms. The highest BCUT2D eigenvalue weighted by molar-refractivity contribution is 5.79. The van der Waals surface area contributed by atoms with Crippen LogP contribution in [-0.4, -0.2) is 58.8 Å². The van der Waals surface area contributed by atoms with Crippen molar-refractivity contribution in [2.75, 3.05) is 47.8 Å². The number of aliphatic hydroxyl groups is 1. The first-order valence-corrected chi connectivity index (χ1v) is 11.5. The Labute approximate surface area is 211 Å². The van der Waals surface area contributed by atoms with E-state index in [0.29, 0.717) is 19.0 Å². The van der Waals surface area contributed by atoms with E-state index in [2.05, 4.69) is 0 Å². The lowest BCUT2D eigenvalue weighted by Crippen LogP contribution is -2.20. The van der Waals surface area contributed by atoms with Crippen molar-refractivity contribution in [3.05, 3.63) is 89.5 Å². The summed E-state index contributed by atoms with van der Waals surface area (Å²) in [4.78, 5) is 13.2. The molecule has 0 aromatic heterocycles. The molecule has 0 heterocycles. The summed E-state index contributed by atoms with van der Waals surface area (Å²) >= 11 is 0. The van der Waals surface area contributed by atoms with Crippen LogP contribution in [0.5, 0.6) is 17.2 Å². The monoisotopic (exact) mass is 496 g/mol. The average Bonchev–Trinajstić information content (AvgIpc) is 2.92. The molecule has 192 valence electrons.